The first-order chi connectivity index (χ1) is 7.83. The average Bonchev–Trinajstić information content (AvgIpc) is 3.05. The monoisotopic (exact) mass is 211 g/mol. The third-order valence-electron chi connectivity index (χ3n) is 2.77. The van der Waals surface area contributed by atoms with Gasteiger partial charge in [0.05, 0.1) is 0 Å². The highest BCUT2D eigenvalue weighted by Gasteiger charge is 2.26. The molecule has 2 aliphatic carbocycles. The van der Waals surface area contributed by atoms with Crippen LogP contribution in [0.25, 0.3) is 0 Å². The van der Waals surface area contributed by atoms with Gasteiger partial charge in [0.25, 0.3) is 0 Å². The van der Waals surface area contributed by atoms with Crippen LogP contribution in [0.1, 0.15) is 13.3 Å². The normalized spacial score (nSPS) is 23.3. The van der Waals surface area contributed by atoms with Gasteiger partial charge in [0.15, 0.2) is 0 Å². The Labute approximate surface area is 97.2 Å². The molecule has 1 unspecified atom stereocenters. The minimum absolute atomic E-state index is 0.702. The topological polar surface area (TPSA) is 12.0 Å². The number of allylic oxidation sites excluding steroid dienone is 9. The molecule has 0 aromatic heterocycles. The van der Waals surface area contributed by atoms with Crippen molar-refractivity contribution in [3.8, 4) is 0 Å². The molecule has 2 aliphatic rings. The lowest BCUT2D eigenvalue weighted by Gasteiger charge is -2.06. The van der Waals surface area contributed by atoms with Crippen LogP contribution < -0.4 is 5.32 Å². The van der Waals surface area contributed by atoms with Crippen LogP contribution in [0.15, 0.2) is 72.2 Å². The zero-order valence-electron chi connectivity index (χ0n) is 9.61. The van der Waals surface area contributed by atoms with Gasteiger partial charge in [-0.3, -0.25) is 0 Å². The van der Waals surface area contributed by atoms with E-state index in [1.165, 1.54) is 12.0 Å². The predicted octanol–water partition coefficient (Wildman–Crippen LogP) is 3.62. The molecule has 82 valence electrons. The molecule has 0 aliphatic heterocycles. The van der Waals surface area contributed by atoms with E-state index in [0.717, 1.165) is 11.4 Å². The molecule has 0 saturated heterocycles. The van der Waals surface area contributed by atoms with Gasteiger partial charge >= 0.3 is 0 Å². The van der Waals surface area contributed by atoms with Gasteiger partial charge in [-0.15, -0.1) is 0 Å². The summed E-state index contributed by atoms with van der Waals surface area (Å²) in [5.74, 6) is 0.702. The zero-order valence-corrected chi connectivity index (χ0v) is 9.61. The van der Waals surface area contributed by atoms with E-state index in [-0.39, 0.29) is 0 Å². The van der Waals surface area contributed by atoms with Crippen LogP contribution >= 0.6 is 0 Å². The number of rotatable bonds is 4. The van der Waals surface area contributed by atoms with Gasteiger partial charge in [-0.05, 0) is 31.6 Å². The fourth-order valence-corrected chi connectivity index (χ4v) is 1.68. The van der Waals surface area contributed by atoms with Crippen molar-refractivity contribution in [2.75, 3.05) is 0 Å². The molecule has 0 radical (unpaired) electrons. The highest BCUT2D eigenvalue weighted by Crippen LogP contribution is 2.40. The Morgan fingerprint density at radius 2 is 2.38 bits per heavy atom. The average molecular weight is 211 g/mol. The van der Waals surface area contributed by atoms with Gasteiger partial charge in [0, 0.05) is 17.3 Å². The second kappa shape index (κ2) is 4.84. The molecule has 1 N–H and O–H groups in total. The van der Waals surface area contributed by atoms with Gasteiger partial charge < -0.3 is 5.32 Å². The standard InChI is InChI=1S/C15H17N/c1-3-5-6-14(4-2)16-15-9-7-12-11-13(12)8-10-15/h3-10,12,16H,1,11H2,2H3/b6-5-,14-4+. The van der Waals surface area contributed by atoms with E-state index in [1.54, 1.807) is 6.08 Å². The Balaban J connectivity index is 2.04. The van der Waals surface area contributed by atoms with Crippen molar-refractivity contribution < 1.29 is 0 Å². The molecule has 16 heavy (non-hydrogen) atoms. The maximum absolute atomic E-state index is 3.66. The Kier molecular flexibility index (Phi) is 3.25. The fourth-order valence-electron chi connectivity index (χ4n) is 1.68. The van der Waals surface area contributed by atoms with Crippen molar-refractivity contribution in [1.29, 1.82) is 0 Å². The molecule has 0 bridgehead atoms. The first-order valence-electron chi connectivity index (χ1n) is 5.65. The van der Waals surface area contributed by atoms with Crippen LogP contribution in [0.4, 0.5) is 0 Å². The molecule has 2 rings (SSSR count). The van der Waals surface area contributed by atoms with Crippen LogP contribution in [-0.4, -0.2) is 0 Å². The third kappa shape index (κ3) is 2.63. The summed E-state index contributed by atoms with van der Waals surface area (Å²) in [5.41, 5.74) is 3.77. The van der Waals surface area contributed by atoms with Crippen LogP contribution in [0, 0.1) is 5.92 Å². The Bertz CT molecular complexity index is 430. The fraction of sp³-hybridized carbons (Fsp3) is 0.200. The van der Waals surface area contributed by atoms with Crippen LogP contribution in [0.5, 0.6) is 0 Å². The van der Waals surface area contributed by atoms with Gasteiger partial charge in [-0.1, -0.05) is 42.5 Å². The SMILES string of the molecule is C=C/C=C\C(=C/C)NC1=CC=C2CC2C=C1. The molecule has 0 heterocycles. The quantitative estimate of drug-likeness (QED) is 0.700. The smallest absolute Gasteiger partial charge is 0.0381 e. The molecule has 1 saturated carbocycles. The highest BCUT2D eigenvalue weighted by atomic mass is 14.9. The second-order valence-electron chi connectivity index (χ2n) is 4.00. The zero-order chi connectivity index (χ0) is 11.4. The lowest BCUT2D eigenvalue weighted by atomic mass is 10.3. The molecule has 1 heteroatoms. The summed E-state index contributed by atoms with van der Waals surface area (Å²) in [6.45, 7) is 5.69. The lowest BCUT2D eigenvalue weighted by Crippen LogP contribution is -2.09. The first-order valence-corrected chi connectivity index (χ1v) is 5.65. The predicted molar refractivity (Wildman–Crippen MR) is 69.6 cm³/mol. The van der Waals surface area contributed by atoms with Crippen molar-refractivity contribution in [2.24, 2.45) is 5.92 Å². The molecule has 0 aromatic rings. The number of hydrogen-bond donors (Lipinski definition) is 1. The third-order valence-corrected chi connectivity index (χ3v) is 2.77. The van der Waals surface area contributed by atoms with Crippen LogP contribution in [0.2, 0.25) is 0 Å². The van der Waals surface area contributed by atoms with E-state index in [2.05, 4.69) is 36.2 Å². The minimum atomic E-state index is 0.702. The summed E-state index contributed by atoms with van der Waals surface area (Å²) in [4.78, 5) is 0. The summed E-state index contributed by atoms with van der Waals surface area (Å²) in [7, 11) is 0. The molecular weight excluding hydrogens is 194 g/mol. The highest BCUT2D eigenvalue weighted by molar-refractivity contribution is 5.41. The van der Waals surface area contributed by atoms with Gasteiger partial charge in [-0.25, -0.2) is 0 Å². The summed E-state index contributed by atoms with van der Waals surface area (Å²) in [5, 5.41) is 3.38. The maximum Gasteiger partial charge on any atom is 0.0381 e. The second-order valence-corrected chi connectivity index (χ2v) is 4.00. The molecule has 0 amide bonds. The van der Waals surface area contributed by atoms with Crippen molar-refractivity contribution in [3.05, 3.63) is 72.2 Å². The summed E-state index contributed by atoms with van der Waals surface area (Å²) in [6.07, 6.45) is 17.8. The maximum atomic E-state index is 3.66. The van der Waals surface area contributed by atoms with Crippen molar-refractivity contribution in [2.45, 2.75) is 13.3 Å². The molecule has 0 spiro atoms. The van der Waals surface area contributed by atoms with Crippen LogP contribution in [-0.2, 0) is 0 Å². The van der Waals surface area contributed by atoms with E-state index in [1.807, 2.05) is 25.2 Å². The largest absolute Gasteiger partial charge is 0.356 e. The summed E-state index contributed by atoms with van der Waals surface area (Å²) >= 11 is 0. The van der Waals surface area contributed by atoms with E-state index >= 15 is 0 Å². The Hall–Kier alpha value is -1.76. The lowest BCUT2D eigenvalue weighted by molar-refractivity contribution is 1.03. The molecule has 1 fully saturated rings. The number of nitrogens with one attached hydrogen (secondary N) is 1. The Morgan fingerprint density at radius 3 is 3.12 bits per heavy atom. The molecular formula is C15H17N. The molecule has 1 atom stereocenters. The summed E-state index contributed by atoms with van der Waals surface area (Å²) < 4.78 is 0. The van der Waals surface area contributed by atoms with Crippen LogP contribution in [0.3, 0.4) is 0 Å². The van der Waals surface area contributed by atoms with E-state index in [0.29, 0.717) is 5.92 Å². The van der Waals surface area contributed by atoms with Gasteiger partial charge in [0.1, 0.15) is 0 Å². The van der Waals surface area contributed by atoms with Gasteiger partial charge in [-0.2, -0.15) is 0 Å². The van der Waals surface area contributed by atoms with Gasteiger partial charge in [0.2, 0.25) is 0 Å². The Morgan fingerprint density at radius 1 is 1.50 bits per heavy atom. The molecule has 1 nitrogen and oxygen atoms in total. The minimum Gasteiger partial charge on any atom is -0.356 e. The number of hydrogen-bond acceptors (Lipinski definition) is 1. The van der Waals surface area contributed by atoms with Crippen molar-refractivity contribution in [1.82, 2.24) is 5.32 Å². The van der Waals surface area contributed by atoms with E-state index in [4.69, 9.17) is 0 Å². The number of fused-ring (bicyclic) bond motifs is 1. The summed E-state index contributed by atoms with van der Waals surface area (Å²) in [6, 6.07) is 0. The first kappa shape index (κ1) is 10.7. The molecule has 0 aromatic carbocycles. The van der Waals surface area contributed by atoms with Crippen molar-refractivity contribution >= 4 is 0 Å². The van der Waals surface area contributed by atoms with E-state index in [9.17, 15) is 0 Å². The van der Waals surface area contributed by atoms with E-state index < -0.39 is 0 Å². The van der Waals surface area contributed by atoms with Crippen molar-refractivity contribution in [3.63, 3.8) is 0 Å².